The van der Waals surface area contributed by atoms with Crippen molar-refractivity contribution in [2.75, 3.05) is 5.32 Å². The van der Waals surface area contributed by atoms with Crippen LogP contribution in [0.2, 0.25) is 0 Å². The average Bonchev–Trinajstić information content (AvgIpc) is 3.45. The molecule has 0 saturated carbocycles. The molecular weight excluding hydrogens is 394 g/mol. The molecule has 2 N–H and O–H groups in total. The Hall–Kier alpha value is -3.84. The Morgan fingerprint density at radius 2 is 1.73 bits per heavy atom. The number of rotatable bonds is 4. The minimum absolute atomic E-state index is 0.271. The number of aromatic amines is 1. The number of anilines is 1. The molecule has 0 aliphatic carbocycles. The topological polar surface area (TPSA) is 83.6 Å². The van der Waals surface area contributed by atoms with Gasteiger partial charge in [-0.25, -0.2) is 4.98 Å². The first kappa shape index (κ1) is 18.2. The van der Waals surface area contributed by atoms with Crippen molar-refractivity contribution >= 4 is 34.2 Å². The van der Waals surface area contributed by atoms with Gasteiger partial charge in [-0.05, 0) is 59.4 Å². The number of aromatic nitrogens is 4. The number of H-pyrrole nitrogens is 1. The number of para-hydroxylation sites is 1. The van der Waals surface area contributed by atoms with Gasteiger partial charge in [0, 0.05) is 16.6 Å². The molecule has 2 aromatic heterocycles. The summed E-state index contributed by atoms with van der Waals surface area (Å²) in [5.41, 5.74) is 7.21. The molecule has 0 unspecified atom stereocenters. The second-order valence-corrected chi connectivity index (χ2v) is 7.57. The molecule has 5 aromatic rings. The highest BCUT2D eigenvalue weighted by molar-refractivity contribution is 7.03. The second-order valence-electron chi connectivity index (χ2n) is 6.96. The summed E-state index contributed by atoms with van der Waals surface area (Å²) in [5.74, 6) is 0.564. The Morgan fingerprint density at radius 1 is 0.967 bits per heavy atom. The van der Waals surface area contributed by atoms with Crippen LogP contribution in [0.3, 0.4) is 0 Å². The second kappa shape index (κ2) is 7.53. The molecule has 0 aliphatic heterocycles. The van der Waals surface area contributed by atoms with Crippen LogP contribution in [0.5, 0.6) is 0 Å². The van der Waals surface area contributed by atoms with E-state index >= 15 is 0 Å². The van der Waals surface area contributed by atoms with Gasteiger partial charge in [-0.3, -0.25) is 4.79 Å². The molecule has 7 heteroatoms. The summed E-state index contributed by atoms with van der Waals surface area (Å²) in [6.07, 6.45) is 0. The van der Waals surface area contributed by atoms with Crippen LogP contribution >= 0.6 is 11.5 Å². The van der Waals surface area contributed by atoms with Crippen molar-refractivity contribution in [3.63, 3.8) is 0 Å². The summed E-state index contributed by atoms with van der Waals surface area (Å²) in [6.45, 7) is 2.06. The molecule has 3 aromatic carbocycles. The van der Waals surface area contributed by atoms with Gasteiger partial charge in [-0.1, -0.05) is 47.0 Å². The summed E-state index contributed by atoms with van der Waals surface area (Å²) < 4.78 is 3.73. The predicted octanol–water partition coefficient (Wildman–Crippen LogP) is 5.31. The van der Waals surface area contributed by atoms with Gasteiger partial charge in [0.25, 0.3) is 5.91 Å². The summed E-state index contributed by atoms with van der Waals surface area (Å²) in [7, 11) is 0. The number of benzene rings is 3. The van der Waals surface area contributed by atoms with E-state index in [1.54, 1.807) is 5.38 Å². The number of hydrogen-bond acceptors (Lipinski definition) is 5. The fraction of sp³-hybridized carbons (Fsp3) is 0.0435. The number of nitrogens with zero attached hydrogens (tertiary/aromatic N) is 3. The predicted molar refractivity (Wildman–Crippen MR) is 120 cm³/mol. The molecule has 5 rings (SSSR count). The van der Waals surface area contributed by atoms with Gasteiger partial charge >= 0.3 is 0 Å². The lowest BCUT2D eigenvalue weighted by atomic mass is 10.0. The number of fused-ring (bicyclic) bond motifs is 1. The van der Waals surface area contributed by atoms with Gasteiger partial charge in [-0.2, -0.15) is 0 Å². The van der Waals surface area contributed by atoms with Gasteiger partial charge in [0.05, 0.1) is 11.0 Å². The molecule has 0 aliphatic rings. The first-order valence-corrected chi connectivity index (χ1v) is 10.3. The normalized spacial score (nSPS) is 11.0. The maximum atomic E-state index is 12.3. The van der Waals surface area contributed by atoms with Crippen LogP contribution in [-0.4, -0.2) is 25.5 Å². The minimum Gasteiger partial charge on any atom is -0.338 e. The molecule has 6 nitrogen and oxygen atoms in total. The fourth-order valence-electron chi connectivity index (χ4n) is 3.39. The van der Waals surface area contributed by atoms with Crippen molar-refractivity contribution in [3.8, 4) is 22.5 Å². The third kappa shape index (κ3) is 3.46. The van der Waals surface area contributed by atoms with Crippen molar-refractivity contribution in [2.24, 2.45) is 0 Å². The van der Waals surface area contributed by atoms with Crippen molar-refractivity contribution in [2.45, 2.75) is 6.92 Å². The van der Waals surface area contributed by atoms with Crippen LogP contribution in [0.15, 0.2) is 72.1 Å². The van der Waals surface area contributed by atoms with E-state index < -0.39 is 0 Å². The largest absolute Gasteiger partial charge is 0.338 e. The Kier molecular flexibility index (Phi) is 4.57. The van der Waals surface area contributed by atoms with E-state index in [4.69, 9.17) is 4.98 Å². The maximum absolute atomic E-state index is 12.3. The van der Waals surface area contributed by atoms with E-state index in [1.807, 2.05) is 54.6 Å². The molecule has 0 fully saturated rings. The zero-order chi connectivity index (χ0) is 20.5. The molecule has 1 amide bonds. The Morgan fingerprint density at radius 3 is 2.53 bits per heavy atom. The van der Waals surface area contributed by atoms with E-state index in [2.05, 4.69) is 38.9 Å². The van der Waals surface area contributed by atoms with Crippen LogP contribution in [0.25, 0.3) is 33.5 Å². The highest BCUT2D eigenvalue weighted by Crippen LogP contribution is 2.28. The smallest absolute Gasteiger partial charge is 0.277 e. The summed E-state index contributed by atoms with van der Waals surface area (Å²) in [6, 6.07) is 22.0. The summed E-state index contributed by atoms with van der Waals surface area (Å²) >= 11 is 1.15. The number of carbonyl (C=O) groups is 1. The molecule has 0 spiro atoms. The molecule has 2 heterocycles. The molecule has 146 valence electrons. The van der Waals surface area contributed by atoms with Gasteiger partial charge in [0.2, 0.25) is 0 Å². The lowest BCUT2D eigenvalue weighted by Gasteiger charge is -2.08. The first-order valence-electron chi connectivity index (χ1n) is 9.42. The number of imidazole rings is 1. The van der Waals surface area contributed by atoms with E-state index in [9.17, 15) is 4.79 Å². The lowest BCUT2D eigenvalue weighted by Crippen LogP contribution is -2.12. The quantitative estimate of drug-likeness (QED) is 0.420. The zero-order valence-electron chi connectivity index (χ0n) is 16.1. The van der Waals surface area contributed by atoms with E-state index in [1.165, 1.54) is 0 Å². The molecule has 0 bridgehead atoms. The fourth-order valence-corrected chi connectivity index (χ4v) is 3.83. The van der Waals surface area contributed by atoms with E-state index in [0.717, 1.165) is 50.6 Å². The lowest BCUT2D eigenvalue weighted by molar-refractivity contribution is 0.102. The van der Waals surface area contributed by atoms with Crippen molar-refractivity contribution in [3.05, 3.63) is 83.4 Å². The first-order chi connectivity index (χ1) is 14.7. The number of aryl methyl sites for hydroxylation is 1. The van der Waals surface area contributed by atoms with Crippen LogP contribution in [0.1, 0.15) is 16.1 Å². The third-order valence-electron chi connectivity index (χ3n) is 4.90. The molecular formula is C23H17N5OS. The number of amides is 1. The van der Waals surface area contributed by atoms with Crippen molar-refractivity contribution in [1.29, 1.82) is 0 Å². The third-order valence-corrected chi connectivity index (χ3v) is 5.40. The maximum Gasteiger partial charge on any atom is 0.277 e. The number of carbonyl (C=O) groups excluding carboxylic acids is 1. The average molecular weight is 411 g/mol. The number of hydrogen-bond donors (Lipinski definition) is 2. The summed E-state index contributed by atoms with van der Waals surface area (Å²) in [5, 5.41) is 8.30. The zero-order valence-corrected chi connectivity index (χ0v) is 16.9. The molecule has 0 atom stereocenters. The standard InChI is InChI=1S/C23H17N5OS/c1-14-5-2-10-19-21(14)26-22(25-19)17-8-3-6-15(11-17)16-7-4-9-18(12-16)24-23(29)20-13-30-28-27-20/h2-13H,1H3,(H,24,29)(H,25,26). The van der Waals surface area contributed by atoms with Crippen LogP contribution < -0.4 is 5.32 Å². The van der Waals surface area contributed by atoms with Crippen molar-refractivity contribution < 1.29 is 4.79 Å². The summed E-state index contributed by atoms with van der Waals surface area (Å²) in [4.78, 5) is 20.4. The minimum atomic E-state index is -0.271. The highest BCUT2D eigenvalue weighted by atomic mass is 32.1. The van der Waals surface area contributed by atoms with Gasteiger partial charge in [-0.15, -0.1) is 5.10 Å². The monoisotopic (exact) mass is 411 g/mol. The van der Waals surface area contributed by atoms with E-state index in [0.29, 0.717) is 11.4 Å². The SMILES string of the molecule is Cc1cccc2[nH]c(-c3cccc(-c4cccc(NC(=O)c5csnn5)c4)c3)nc12. The van der Waals surface area contributed by atoms with Crippen LogP contribution in [0, 0.1) is 6.92 Å². The van der Waals surface area contributed by atoms with Gasteiger partial charge in [0.1, 0.15) is 5.82 Å². The van der Waals surface area contributed by atoms with Crippen LogP contribution in [-0.2, 0) is 0 Å². The highest BCUT2D eigenvalue weighted by Gasteiger charge is 2.11. The Labute approximate surface area is 176 Å². The number of nitrogens with one attached hydrogen (secondary N) is 2. The van der Waals surface area contributed by atoms with Crippen LogP contribution in [0.4, 0.5) is 5.69 Å². The Bertz CT molecular complexity index is 1360. The Balaban J connectivity index is 1.46. The van der Waals surface area contributed by atoms with Gasteiger partial charge < -0.3 is 10.3 Å². The molecule has 30 heavy (non-hydrogen) atoms. The molecule has 0 radical (unpaired) electrons. The van der Waals surface area contributed by atoms with Gasteiger partial charge in [0.15, 0.2) is 5.69 Å². The molecule has 0 saturated heterocycles. The van der Waals surface area contributed by atoms with E-state index in [-0.39, 0.29) is 5.91 Å². The van der Waals surface area contributed by atoms with Crippen molar-refractivity contribution in [1.82, 2.24) is 19.6 Å².